The lowest BCUT2D eigenvalue weighted by molar-refractivity contribution is -0.140. The van der Waals surface area contributed by atoms with E-state index in [0.717, 1.165) is 33.6 Å². The van der Waals surface area contributed by atoms with Crippen LogP contribution in [0, 0.1) is 0 Å². The van der Waals surface area contributed by atoms with Gasteiger partial charge in [0, 0.05) is 6.42 Å². The molecule has 0 spiro atoms. The van der Waals surface area contributed by atoms with Crippen molar-refractivity contribution in [2.45, 2.75) is 19.4 Å². The van der Waals surface area contributed by atoms with Crippen LogP contribution in [-0.2, 0) is 22.6 Å². The van der Waals surface area contributed by atoms with Gasteiger partial charge in [-0.25, -0.2) is 0 Å². The maximum absolute atomic E-state index is 11.2. The Kier molecular flexibility index (Phi) is 6.64. The standard InChI is InChI=1S/C25H24O3/c1-19(22-8-4-3-5-9-22)23-10-6-7-21(17-23)18-28-24-14-11-20(12-15-24)13-16-25(26)27-2/h3-12,14-15,17H,1,13,16,18H2,2H3. The summed E-state index contributed by atoms with van der Waals surface area (Å²) in [6, 6.07) is 26.2. The van der Waals surface area contributed by atoms with Crippen LogP contribution in [0.2, 0.25) is 0 Å². The largest absolute Gasteiger partial charge is 0.489 e. The van der Waals surface area contributed by atoms with E-state index in [1.165, 1.54) is 7.11 Å². The Morgan fingerprint density at radius 1 is 0.857 bits per heavy atom. The van der Waals surface area contributed by atoms with Crippen LogP contribution in [0.5, 0.6) is 5.75 Å². The van der Waals surface area contributed by atoms with Crippen LogP contribution >= 0.6 is 0 Å². The van der Waals surface area contributed by atoms with Crippen molar-refractivity contribution in [1.82, 2.24) is 0 Å². The lowest BCUT2D eigenvalue weighted by Gasteiger charge is -2.10. The molecule has 0 aliphatic heterocycles. The molecule has 142 valence electrons. The van der Waals surface area contributed by atoms with E-state index < -0.39 is 0 Å². The molecule has 0 aliphatic carbocycles. The van der Waals surface area contributed by atoms with Crippen molar-refractivity contribution in [2.24, 2.45) is 0 Å². The Morgan fingerprint density at radius 2 is 1.57 bits per heavy atom. The van der Waals surface area contributed by atoms with Crippen LogP contribution in [0.25, 0.3) is 5.57 Å². The van der Waals surface area contributed by atoms with E-state index in [9.17, 15) is 4.79 Å². The van der Waals surface area contributed by atoms with Crippen LogP contribution in [0.1, 0.15) is 28.7 Å². The Balaban J connectivity index is 1.59. The first-order valence-corrected chi connectivity index (χ1v) is 9.28. The van der Waals surface area contributed by atoms with Crippen molar-refractivity contribution >= 4 is 11.5 Å². The topological polar surface area (TPSA) is 35.5 Å². The molecule has 0 N–H and O–H groups in total. The zero-order valence-corrected chi connectivity index (χ0v) is 16.1. The molecule has 0 atom stereocenters. The molecule has 28 heavy (non-hydrogen) atoms. The number of benzene rings is 3. The number of rotatable bonds is 8. The van der Waals surface area contributed by atoms with Gasteiger partial charge in [-0.05, 0) is 52.4 Å². The fourth-order valence-corrected chi connectivity index (χ4v) is 2.92. The number of hydrogen-bond donors (Lipinski definition) is 0. The maximum Gasteiger partial charge on any atom is 0.305 e. The van der Waals surface area contributed by atoms with Gasteiger partial charge in [-0.15, -0.1) is 0 Å². The van der Waals surface area contributed by atoms with E-state index in [1.54, 1.807) is 0 Å². The first-order chi connectivity index (χ1) is 13.7. The molecular formula is C25H24O3. The molecule has 0 heterocycles. The fourth-order valence-electron chi connectivity index (χ4n) is 2.92. The molecule has 3 aromatic rings. The van der Waals surface area contributed by atoms with Crippen LogP contribution < -0.4 is 4.74 Å². The second-order valence-electron chi connectivity index (χ2n) is 6.55. The normalized spacial score (nSPS) is 10.3. The fraction of sp³-hybridized carbons (Fsp3) is 0.160. The third-order valence-electron chi connectivity index (χ3n) is 4.57. The molecule has 0 saturated heterocycles. The predicted octanol–water partition coefficient (Wildman–Crippen LogP) is 5.43. The summed E-state index contributed by atoms with van der Waals surface area (Å²) in [5.41, 5.74) is 5.37. The first kappa shape index (κ1) is 19.4. The zero-order chi connectivity index (χ0) is 19.8. The third kappa shape index (κ3) is 5.34. The molecule has 0 radical (unpaired) electrons. The average molecular weight is 372 g/mol. The van der Waals surface area contributed by atoms with Gasteiger partial charge >= 0.3 is 5.97 Å². The smallest absolute Gasteiger partial charge is 0.305 e. The van der Waals surface area contributed by atoms with Crippen LogP contribution in [0.3, 0.4) is 0 Å². The lowest BCUT2D eigenvalue weighted by Crippen LogP contribution is -2.02. The van der Waals surface area contributed by atoms with Crippen LogP contribution in [0.4, 0.5) is 0 Å². The molecule has 0 saturated carbocycles. The summed E-state index contributed by atoms with van der Waals surface area (Å²) < 4.78 is 10.6. The van der Waals surface area contributed by atoms with E-state index >= 15 is 0 Å². The number of hydrogen-bond acceptors (Lipinski definition) is 3. The van der Waals surface area contributed by atoms with Gasteiger partial charge in [-0.2, -0.15) is 0 Å². The van der Waals surface area contributed by atoms with Crippen molar-refractivity contribution in [1.29, 1.82) is 0 Å². The van der Waals surface area contributed by atoms with E-state index in [-0.39, 0.29) is 5.97 Å². The molecule has 3 nitrogen and oxygen atoms in total. The molecule has 3 heteroatoms. The monoisotopic (exact) mass is 372 g/mol. The minimum Gasteiger partial charge on any atom is -0.489 e. The quantitative estimate of drug-likeness (QED) is 0.495. The molecule has 0 unspecified atom stereocenters. The summed E-state index contributed by atoms with van der Waals surface area (Å²) in [7, 11) is 1.41. The number of ether oxygens (including phenoxy) is 2. The van der Waals surface area contributed by atoms with Gasteiger partial charge < -0.3 is 9.47 Å². The minimum absolute atomic E-state index is 0.197. The van der Waals surface area contributed by atoms with Crippen LogP contribution in [-0.4, -0.2) is 13.1 Å². The lowest BCUT2D eigenvalue weighted by atomic mass is 9.98. The van der Waals surface area contributed by atoms with Crippen molar-refractivity contribution in [3.63, 3.8) is 0 Å². The second-order valence-corrected chi connectivity index (χ2v) is 6.55. The van der Waals surface area contributed by atoms with E-state index in [4.69, 9.17) is 4.74 Å². The van der Waals surface area contributed by atoms with Gasteiger partial charge in [-0.1, -0.05) is 67.2 Å². The zero-order valence-electron chi connectivity index (χ0n) is 16.1. The average Bonchev–Trinajstić information content (AvgIpc) is 2.77. The molecule has 0 fully saturated rings. The summed E-state index contributed by atoms with van der Waals surface area (Å²) in [4.78, 5) is 11.2. The highest BCUT2D eigenvalue weighted by atomic mass is 16.5. The summed E-state index contributed by atoms with van der Waals surface area (Å²) >= 11 is 0. The second kappa shape index (κ2) is 9.56. The maximum atomic E-state index is 11.2. The minimum atomic E-state index is -0.197. The van der Waals surface area contributed by atoms with Gasteiger partial charge in [0.05, 0.1) is 7.11 Å². The van der Waals surface area contributed by atoms with Gasteiger partial charge in [-0.3, -0.25) is 4.79 Å². The van der Waals surface area contributed by atoms with Crippen LogP contribution in [0.15, 0.2) is 85.4 Å². The summed E-state index contributed by atoms with van der Waals surface area (Å²) in [6.45, 7) is 4.71. The van der Waals surface area contributed by atoms with E-state index in [2.05, 4.69) is 35.6 Å². The highest BCUT2D eigenvalue weighted by Gasteiger charge is 2.05. The highest BCUT2D eigenvalue weighted by Crippen LogP contribution is 2.23. The van der Waals surface area contributed by atoms with Gasteiger partial charge in [0.2, 0.25) is 0 Å². The Labute approximate surface area is 166 Å². The first-order valence-electron chi connectivity index (χ1n) is 9.28. The number of esters is 1. The van der Waals surface area contributed by atoms with Crippen molar-refractivity contribution in [3.8, 4) is 5.75 Å². The van der Waals surface area contributed by atoms with E-state index in [1.807, 2.05) is 54.6 Å². The summed E-state index contributed by atoms with van der Waals surface area (Å²) in [5.74, 6) is 0.603. The molecular weight excluding hydrogens is 348 g/mol. The highest BCUT2D eigenvalue weighted by molar-refractivity contribution is 5.78. The number of carbonyl (C=O) groups excluding carboxylic acids is 1. The molecule has 3 aromatic carbocycles. The Morgan fingerprint density at radius 3 is 2.29 bits per heavy atom. The van der Waals surface area contributed by atoms with Crippen molar-refractivity contribution < 1.29 is 14.3 Å². The Hall–Kier alpha value is -3.33. The van der Waals surface area contributed by atoms with Gasteiger partial charge in [0.15, 0.2) is 0 Å². The van der Waals surface area contributed by atoms with E-state index in [0.29, 0.717) is 19.4 Å². The predicted molar refractivity (Wildman–Crippen MR) is 112 cm³/mol. The SMILES string of the molecule is C=C(c1ccccc1)c1cccc(COc2ccc(CCC(=O)OC)cc2)c1. The molecule has 0 amide bonds. The van der Waals surface area contributed by atoms with Crippen molar-refractivity contribution in [2.75, 3.05) is 7.11 Å². The van der Waals surface area contributed by atoms with Crippen molar-refractivity contribution in [3.05, 3.63) is 108 Å². The number of aryl methyl sites for hydroxylation is 1. The van der Waals surface area contributed by atoms with Gasteiger partial charge in [0.1, 0.15) is 12.4 Å². The molecule has 0 aromatic heterocycles. The van der Waals surface area contributed by atoms with Gasteiger partial charge in [0.25, 0.3) is 0 Å². The molecule has 0 aliphatic rings. The number of methoxy groups -OCH3 is 1. The molecule has 0 bridgehead atoms. The third-order valence-corrected chi connectivity index (χ3v) is 4.57. The molecule has 3 rings (SSSR count). The summed E-state index contributed by atoms with van der Waals surface area (Å²) in [5, 5.41) is 0. The Bertz CT molecular complexity index is 928. The number of carbonyl (C=O) groups is 1. The summed E-state index contributed by atoms with van der Waals surface area (Å²) in [6.07, 6.45) is 1.05.